The van der Waals surface area contributed by atoms with Gasteiger partial charge in [0, 0.05) is 51.5 Å². The SMILES string of the molecule is Cc1ccc(CCOC2=CC=C(C(CN3CCN(C)CC3)C3(O)CCCCC3)C=CC2)cc1. The fourth-order valence-corrected chi connectivity index (χ4v) is 5.40. The van der Waals surface area contributed by atoms with E-state index in [4.69, 9.17) is 4.74 Å². The highest BCUT2D eigenvalue weighted by atomic mass is 16.5. The first-order chi connectivity index (χ1) is 16.0. The van der Waals surface area contributed by atoms with Crippen LogP contribution in [0.5, 0.6) is 0 Å². The van der Waals surface area contributed by atoms with Gasteiger partial charge in [-0.25, -0.2) is 0 Å². The molecule has 1 aromatic carbocycles. The lowest BCUT2D eigenvalue weighted by atomic mass is 9.72. The highest BCUT2D eigenvalue weighted by Crippen LogP contribution is 2.39. The van der Waals surface area contributed by atoms with Crippen LogP contribution in [-0.4, -0.2) is 66.9 Å². The van der Waals surface area contributed by atoms with Gasteiger partial charge in [0.25, 0.3) is 0 Å². The van der Waals surface area contributed by atoms with Crippen molar-refractivity contribution < 1.29 is 9.84 Å². The molecule has 1 saturated heterocycles. The molecule has 1 N–H and O–H groups in total. The molecular formula is C29H42N2O2. The van der Waals surface area contributed by atoms with Gasteiger partial charge in [-0.05, 0) is 44.0 Å². The summed E-state index contributed by atoms with van der Waals surface area (Å²) in [6, 6.07) is 8.70. The van der Waals surface area contributed by atoms with Gasteiger partial charge in [0.2, 0.25) is 0 Å². The molecular weight excluding hydrogens is 408 g/mol. The van der Waals surface area contributed by atoms with E-state index in [9.17, 15) is 5.11 Å². The minimum atomic E-state index is -0.595. The summed E-state index contributed by atoms with van der Waals surface area (Å²) in [5.41, 5.74) is 3.27. The van der Waals surface area contributed by atoms with Gasteiger partial charge in [-0.15, -0.1) is 0 Å². The lowest BCUT2D eigenvalue weighted by molar-refractivity contribution is -0.0481. The maximum atomic E-state index is 11.7. The summed E-state index contributed by atoms with van der Waals surface area (Å²) in [6.07, 6.45) is 15.9. The van der Waals surface area contributed by atoms with Crippen molar-refractivity contribution in [2.24, 2.45) is 5.92 Å². The Morgan fingerprint density at radius 1 is 1.00 bits per heavy atom. The molecule has 2 fully saturated rings. The number of benzene rings is 1. The first-order valence-electron chi connectivity index (χ1n) is 12.9. The van der Waals surface area contributed by atoms with Crippen LogP contribution in [0.15, 0.2) is 59.9 Å². The van der Waals surface area contributed by atoms with Gasteiger partial charge < -0.3 is 19.6 Å². The second kappa shape index (κ2) is 11.5. The highest BCUT2D eigenvalue weighted by Gasteiger charge is 2.40. The molecule has 1 unspecified atom stereocenters. The van der Waals surface area contributed by atoms with Gasteiger partial charge in [-0.1, -0.05) is 67.3 Å². The number of aliphatic hydroxyl groups is 1. The van der Waals surface area contributed by atoms with Crippen molar-refractivity contribution in [2.45, 2.75) is 57.5 Å². The Labute approximate surface area is 200 Å². The third kappa shape index (κ3) is 6.81. The van der Waals surface area contributed by atoms with Gasteiger partial charge in [-0.3, -0.25) is 0 Å². The summed E-state index contributed by atoms with van der Waals surface area (Å²) in [4.78, 5) is 4.95. The number of rotatable bonds is 8. The summed E-state index contributed by atoms with van der Waals surface area (Å²) >= 11 is 0. The molecule has 1 atom stereocenters. The second-order valence-electron chi connectivity index (χ2n) is 10.3. The van der Waals surface area contributed by atoms with E-state index in [1.54, 1.807) is 0 Å². The largest absolute Gasteiger partial charge is 0.497 e. The van der Waals surface area contributed by atoms with Gasteiger partial charge in [-0.2, -0.15) is 0 Å². The van der Waals surface area contributed by atoms with Crippen LogP contribution in [0, 0.1) is 12.8 Å². The quantitative estimate of drug-likeness (QED) is 0.612. The molecule has 3 aliphatic rings. The molecule has 4 nitrogen and oxygen atoms in total. The Morgan fingerprint density at radius 3 is 2.45 bits per heavy atom. The van der Waals surface area contributed by atoms with Crippen molar-refractivity contribution in [3.63, 3.8) is 0 Å². The molecule has 4 heteroatoms. The Hall–Kier alpha value is -1.88. The monoisotopic (exact) mass is 450 g/mol. The third-order valence-electron chi connectivity index (χ3n) is 7.70. The normalized spacial score (nSPS) is 22.9. The number of hydrogen-bond acceptors (Lipinski definition) is 4. The second-order valence-corrected chi connectivity index (χ2v) is 10.3. The molecule has 1 saturated carbocycles. The first-order valence-corrected chi connectivity index (χ1v) is 12.9. The van der Waals surface area contributed by atoms with E-state index in [-0.39, 0.29) is 5.92 Å². The standard InChI is InChI=1S/C29H42N2O2/c1-24-9-11-25(12-10-24)15-22-33-27-8-6-7-26(13-14-27)28(29(32)16-4-3-5-17-29)23-31-20-18-30(2)19-21-31/h6-7,9-14,28,32H,3-5,8,15-23H2,1-2H3. The third-order valence-corrected chi connectivity index (χ3v) is 7.70. The zero-order chi connectivity index (χ0) is 23.1. The predicted octanol–water partition coefficient (Wildman–Crippen LogP) is 4.88. The molecule has 1 heterocycles. The van der Waals surface area contributed by atoms with Crippen LogP contribution in [0.2, 0.25) is 0 Å². The fraction of sp³-hybridized carbons (Fsp3) is 0.586. The van der Waals surface area contributed by atoms with E-state index in [1.807, 2.05) is 0 Å². The van der Waals surface area contributed by atoms with Crippen molar-refractivity contribution >= 4 is 0 Å². The molecule has 0 spiro atoms. The van der Waals surface area contributed by atoms with E-state index in [2.05, 4.69) is 72.3 Å². The zero-order valence-corrected chi connectivity index (χ0v) is 20.6. The Kier molecular flexibility index (Phi) is 8.45. The summed E-state index contributed by atoms with van der Waals surface area (Å²) < 4.78 is 6.14. The molecule has 1 aliphatic heterocycles. The van der Waals surface area contributed by atoms with Crippen LogP contribution in [0.3, 0.4) is 0 Å². The number of nitrogens with zero attached hydrogens (tertiary/aromatic N) is 2. The number of likely N-dealkylation sites (N-methyl/N-ethyl adjacent to an activating group) is 1. The molecule has 180 valence electrons. The number of aryl methyl sites for hydroxylation is 1. The predicted molar refractivity (Wildman–Crippen MR) is 136 cm³/mol. The van der Waals surface area contributed by atoms with Crippen LogP contribution in [0.4, 0.5) is 0 Å². The number of piperazine rings is 1. The average Bonchev–Trinajstić information content (AvgIpc) is 3.06. The molecule has 0 bridgehead atoms. The first kappa shape index (κ1) is 24.3. The summed E-state index contributed by atoms with van der Waals surface area (Å²) in [5.74, 6) is 1.17. The van der Waals surface area contributed by atoms with Crippen LogP contribution in [0.1, 0.15) is 49.7 Å². The van der Waals surface area contributed by atoms with Crippen molar-refractivity contribution in [2.75, 3.05) is 46.4 Å². The van der Waals surface area contributed by atoms with Crippen molar-refractivity contribution in [3.8, 4) is 0 Å². The smallest absolute Gasteiger partial charge is 0.0997 e. The van der Waals surface area contributed by atoms with Crippen LogP contribution in [0.25, 0.3) is 0 Å². The number of allylic oxidation sites excluding steroid dienone is 4. The van der Waals surface area contributed by atoms with Gasteiger partial charge in [0.15, 0.2) is 0 Å². The van der Waals surface area contributed by atoms with E-state index in [1.165, 1.54) is 23.1 Å². The van der Waals surface area contributed by atoms with Crippen molar-refractivity contribution in [3.05, 3.63) is 71.0 Å². The molecule has 33 heavy (non-hydrogen) atoms. The van der Waals surface area contributed by atoms with Crippen LogP contribution < -0.4 is 0 Å². The molecule has 0 amide bonds. The van der Waals surface area contributed by atoms with Crippen LogP contribution in [-0.2, 0) is 11.2 Å². The Balaban J connectivity index is 1.43. The van der Waals surface area contributed by atoms with E-state index in [0.717, 1.165) is 77.0 Å². The molecule has 0 aromatic heterocycles. The Morgan fingerprint density at radius 2 is 1.73 bits per heavy atom. The topological polar surface area (TPSA) is 35.9 Å². The van der Waals surface area contributed by atoms with E-state index in [0.29, 0.717) is 6.61 Å². The number of hydrogen-bond donors (Lipinski definition) is 1. The zero-order valence-electron chi connectivity index (χ0n) is 20.6. The molecule has 0 radical (unpaired) electrons. The molecule has 2 aliphatic carbocycles. The van der Waals surface area contributed by atoms with E-state index >= 15 is 0 Å². The molecule has 1 aromatic rings. The van der Waals surface area contributed by atoms with E-state index < -0.39 is 5.60 Å². The van der Waals surface area contributed by atoms with Gasteiger partial charge >= 0.3 is 0 Å². The minimum Gasteiger partial charge on any atom is -0.497 e. The maximum Gasteiger partial charge on any atom is 0.0997 e. The van der Waals surface area contributed by atoms with Crippen molar-refractivity contribution in [1.82, 2.24) is 9.80 Å². The van der Waals surface area contributed by atoms with Gasteiger partial charge in [0.1, 0.15) is 0 Å². The van der Waals surface area contributed by atoms with Crippen LogP contribution >= 0.6 is 0 Å². The summed E-state index contributed by atoms with van der Waals surface area (Å²) in [5, 5.41) is 11.7. The average molecular weight is 451 g/mol. The lowest BCUT2D eigenvalue weighted by Gasteiger charge is -2.43. The Bertz CT molecular complexity index is 841. The summed E-state index contributed by atoms with van der Waals surface area (Å²) in [7, 11) is 2.20. The van der Waals surface area contributed by atoms with Gasteiger partial charge in [0.05, 0.1) is 18.0 Å². The minimum absolute atomic E-state index is 0.153. The summed E-state index contributed by atoms with van der Waals surface area (Å²) in [6.45, 7) is 8.15. The maximum absolute atomic E-state index is 11.7. The molecule has 4 rings (SSSR count). The number of ether oxygens (including phenoxy) is 1. The fourth-order valence-electron chi connectivity index (χ4n) is 5.40. The highest BCUT2D eigenvalue weighted by molar-refractivity contribution is 5.33. The van der Waals surface area contributed by atoms with Crippen molar-refractivity contribution in [1.29, 1.82) is 0 Å². The lowest BCUT2D eigenvalue weighted by Crippen LogP contribution is -2.51.